The summed E-state index contributed by atoms with van der Waals surface area (Å²) in [7, 11) is 1.88. The van der Waals surface area contributed by atoms with E-state index in [0.717, 1.165) is 5.56 Å². The molecule has 0 radical (unpaired) electrons. The average molecular weight is 373 g/mol. The summed E-state index contributed by atoms with van der Waals surface area (Å²) >= 11 is 0. The third-order valence-corrected chi connectivity index (χ3v) is 4.63. The van der Waals surface area contributed by atoms with Gasteiger partial charge in [0.05, 0.1) is 6.04 Å². The molecule has 28 heavy (non-hydrogen) atoms. The molecule has 4 rings (SSSR count). The van der Waals surface area contributed by atoms with Crippen molar-refractivity contribution in [3.05, 3.63) is 84.6 Å². The summed E-state index contributed by atoms with van der Waals surface area (Å²) < 4.78 is 16.3. The summed E-state index contributed by atoms with van der Waals surface area (Å²) in [4.78, 5) is 13.5. The number of anilines is 1. The van der Waals surface area contributed by atoms with Gasteiger partial charge in [-0.15, -0.1) is 0 Å². The Hall–Kier alpha value is -3.54. The van der Waals surface area contributed by atoms with Crippen LogP contribution in [0.3, 0.4) is 0 Å². The first-order chi connectivity index (χ1) is 13.6. The van der Waals surface area contributed by atoms with Crippen LogP contribution < -0.4 is 5.32 Å². The smallest absolute Gasteiger partial charge is 0.223 e. The van der Waals surface area contributed by atoms with Gasteiger partial charge in [-0.3, -0.25) is 0 Å². The average Bonchev–Trinajstić information content (AvgIpc) is 3.15. The second kappa shape index (κ2) is 7.60. The molecule has 0 fully saturated rings. The van der Waals surface area contributed by atoms with Crippen LogP contribution in [-0.4, -0.2) is 19.5 Å². The third kappa shape index (κ3) is 3.49. The van der Waals surface area contributed by atoms with Gasteiger partial charge in [0.15, 0.2) is 5.82 Å². The first-order valence-electron chi connectivity index (χ1n) is 9.04. The first-order valence-corrected chi connectivity index (χ1v) is 9.04. The molecule has 1 N–H and O–H groups in total. The molecule has 0 aliphatic carbocycles. The Morgan fingerprint density at radius 1 is 0.964 bits per heavy atom. The molecule has 0 aliphatic rings. The number of nitrogens with one attached hydrogen (secondary N) is 1. The molecule has 0 spiro atoms. The number of halogens is 1. The largest absolute Gasteiger partial charge is 0.348 e. The summed E-state index contributed by atoms with van der Waals surface area (Å²) in [5.41, 5.74) is 2.76. The van der Waals surface area contributed by atoms with Gasteiger partial charge in [0.25, 0.3) is 0 Å². The molecule has 0 amide bonds. The van der Waals surface area contributed by atoms with Gasteiger partial charge < -0.3 is 9.88 Å². The molecule has 2 aromatic heterocycles. The molecule has 1 unspecified atom stereocenters. The van der Waals surface area contributed by atoms with Gasteiger partial charge in [-0.1, -0.05) is 48.5 Å². The Kier molecular flexibility index (Phi) is 4.85. The third-order valence-electron chi connectivity index (χ3n) is 4.63. The predicted octanol–water partition coefficient (Wildman–Crippen LogP) is 4.86. The highest BCUT2D eigenvalue weighted by atomic mass is 19.1. The lowest BCUT2D eigenvalue weighted by molar-refractivity contribution is 0.631. The van der Waals surface area contributed by atoms with Crippen molar-refractivity contribution in [2.45, 2.75) is 13.0 Å². The van der Waals surface area contributed by atoms with E-state index in [1.807, 2.05) is 55.1 Å². The van der Waals surface area contributed by atoms with Gasteiger partial charge in [-0.25, -0.2) is 19.3 Å². The van der Waals surface area contributed by atoms with Gasteiger partial charge in [0, 0.05) is 36.8 Å². The van der Waals surface area contributed by atoms with Crippen molar-refractivity contribution in [1.82, 2.24) is 19.5 Å². The normalized spacial score (nSPS) is 12.0. The van der Waals surface area contributed by atoms with Crippen LogP contribution in [0.5, 0.6) is 0 Å². The van der Waals surface area contributed by atoms with Crippen LogP contribution in [0.15, 0.2) is 73.2 Å². The summed E-state index contributed by atoms with van der Waals surface area (Å²) in [6.45, 7) is 2.05. The van der Waals surface area contributed by atoms with Crippen LogP contribution in [0.25, 0.3) is 22.6 Å². The molecule has 5 nitrogen and oxygen atoms in total. The first kappa shape index (κ1) is 17.9. The quantitative estimate of drug-likeness (QED) is 0.543. The maximum absolute atomic E-state index is 14.4. The van der Waals surface area contributed by atoms with Gasteiger partial charge in [-0.2, -0.15) is 0 Å². The van der Waals surface area contributed by atoms with Gasteiger partial charge >= 0.3 is 0 Å². The number of nitrogens with zero attached hydrogens (tertiary/aromatic N) is 4. The van der Waals surface area contributed by atoms with Crippen LogP contribution in [0.4, 0.5) is 10.3 Å². The summed E-state index contributed by atoms with van der Waals surface area (Å²) in [6.07, 6.45) is 5.18. The summed E-state index contributed by atoms with van der Waals surface area (Å²) in [5.74, 6) is 0.797. The highest BCUT2D eigenvalue weighted by molar-refractivity contribution is 5.78. The van der Waals surface area contributed by atoms with Crippen LogP contribution in [0.1, 0.15) is 18.5 Å². The Labute approximate surface area is 162 Å². The zero-order valence-corrected chi connectivity index (χ0v) is 15.7. The standard InChI is InChI=1S/C22H20FN5/c1-15(16-8-4-3-5-9-16)26-22-25-14-18(17-10-6-7-11-19(17)23)20(27-22)21-24-12-13-28(21)2/h3-15H,1-2H3,(H,25,26,27). The molecule has 1 atom stereocenters. The zero-order valence-electron chi connectivity index (χ0n) is 15.7. The molecular formula is C22H20FN5. The van der Waals surface area contributed by atoms with Gasteiger partial charge in [0.1, 0.15) is 11.5 Å². The molecule has 6 heteroatoms. The molecule has 0 saturated heterocycles. The van der Waals surface area contributed by atoms with Gasteiger partial charge in [-0.05, 0) is 18.6 Å². The molecule has 140 valence electrons. The van der Waals surface area contributed by atoms with E-state index in [9.17, 15) is 4.39 Å². The fraction of sp³-hybridized carbons (Fsp3) is 0.136. The van der Waals surface area contributed by atoms with E-state index in [0.29, 0.717) is 28.6 Å². The molecule has 2 heterocycles. The van der Waals surface area contributed by atoms with Crippen molar-refractivity contribution in [1.29, 1.82) is 0 Å². The fourth-order valence-corrected chi connectivity index (χ4v) is 3.11. The molecule has 0 bridgehead atoms. The van der Waals surface area contributed by atoms with Crippen LogP contribution in [0.2, 0.25) is 0 Å². The van der Waals surface area contributed by atoms with E-state index in [-0.39, 0.29) is 11.9 Å². The second-order valence-electron chi connectivity index (χ2n) is 6.57. The fourth-order valence-electron chi connectivity index (χ4n) is 3.11. The molecule has 0 aliphatic heterocycles. The molecule has 4 aromatic rings. The zero-order chi connectivity index (χ0) is 19.5. The van der Waals surface area contributed by atoms with E-state index in [1.165, 1.54) is 6.07 Å². The Morgan fingerprint density at radius 2 is 1.71 bits per heavy atom. The van der Waals surface area contributed by atoms with Crippen molar-refractivity contribution in [3.63, 3.8) is 0 Å². The Morgan fingerprint density at radius 3 is 2.43 bits per heavy atom. The van der Waals surface area contributed by atoms with Crippen molar-refractivity contribution in [2.24, 2.45) is 7.05 Å². The lowest BCUT2D eigenvalue weighted by Crippen LogP contribution is -2.10. The van der Waals surface area contributed by atoms with E-state index in [4.69, 9.17) is 0 Å². The number of rotatable bonds is 5. The highest BCUT2D eigenvalue weighted by Crippen LogP contribution is 2.31. The van der Waals surface area contributed by atoms with Gasteiger partial charge in [0.2, 0.25) is 5.95 Å². The van der Waals surface area contributed by atoms with Crippen molar-refractivity contribution in [2.75, 3.05) is 5.32 Å². The number of hydrogen-bond acceptors (Lipinski definition) is 4. The maximum atomic E-state index is 14.4. The van der Waals surface area contributed by atoms with Crippen LogP contribution in [-0.2, 0) is 7.05 Å². The van der Waals surface area contributed by atoms with E-state index in [1.54, 1.807) is 30.6 Å². The minimum absolute atomic E-state index is 0.0229. The molecule has 0 saturated carbocycles. The van der Waals surface area contributed by atoms with E-state index in [2.05, 4.69) is 20.3 Å². The number of aromatic nitrogens is 4. The monoisotopic (exact) mass is 373 g/mol. The van der Waals surface area contributed by atoms with E-state index >= 15 is 0 Å². The molecular weight excluding hydrogens is 353 g/mol. The number of aryl methyl sites for hydroxylation is 1. The van der Waals surface area contributed by atoms with Crippen LogP contribution in [0, 0.1) is 5.82 Å². The molecule has 2 aromatic carbocycles. The number of imidazole rings is 1. The highest BCUT2D eigenvalue weighted by Gasteiger charge is 2.18. The number of benzene rings is 2. The lowest BCUT2D eigenvalue weighted by Gasteiger charge is -2.16. The topological polar surface area (TPSA) is 55.6 Å². The van der Waals surface area contributed by atoms with Crippen molar-refractivity contribution < 1.29 is 4.39 Å². The van der Waals surface area contributed by atoms with Crippen LogP contribution >= 0.6 is 0 Å². The lowest BCUT2D eigenvalue weighted by atomic mass is 10.0. The Bertz CT molecular complexity index is 1090. The minimum atomic E-state index is -0.320. The SMILES string of the molecule is CC(Nc1ncc(-c2ccccc2F)c(-c2nccn2C)n1)c1ccccc1. The second-order valence-corrected chi connectivity index (χ2v) is 6.57. The minimum Gasteiger partial charge on any atom is -0.348 e. The maximum Gasteiger partial charge on any atom is 0.223 e. The summed E-state index contributed by atoms with van der Waals surface area (Å²) in [5, 5.41) is 3.32. The summed E-state index contributed by atoms with van der Waals surface area (Å²) in [6, 6.07) is 16.7. The Balaban J connectivity index is 1.77. The van der Waals surface area contributed by atoms with Crippen molar-refractivity contribution >= 4 is 5.95 Å². The van der Waals surface area contributed by atoms with Crippen molar-refractivity contribution in [3.8, 4) is 22.6 Å². The number of hydrogen-bond donors (Lipinski definition) is 1. The predicted molar refractivity (Wildman–Crippen MR) is 108 cm³/mol. The van der Waals surface area contributed by atoms with E-state index < -0.39 is 0 Å².